The molecule has 0 saturated carbocycles. The van der Waals surface area contributed by atoms with E-state index in [2.05, 4.69) is 33.0 Å². The van der Waals surface area contributed by atoms with E-state index >= 15 is 0 Å². The van der Waals surface area contributed by atoms with Gasteiger partial charge in [0.2, 0.25) is 0 Å². The number of hydrogen-bond donors (Lipinski definition) is 2. The first-order valence-electron chi connectivity index (χ1n) is 8.68. The number of thiocarbonyl (C=S) groups is 1. The Hall–Kier alpha value is -1.63. The van der Waals surface area contributed by atoms with Crippen LogP contribution in [0.1, 0.15) is 29.3 Å². The van der Waals surface area contributed by atoms with Crippen molar-refractivity contribution < 1.29 is 4.74 Å². The largest absolute Gasteiger partial charge is 0.497 e. The monoisotopic (exact) mass is 375 g/mol. The van der Waals surface area contributed by atoms with Gasteiger partial charge in [0.25, 0.3) is 0 Å². The van der Waals surface area contributed by atoms with Crippen molar-refractivity contribution in [3.05, 3.63) is 52.2 Å². The summed E-state index contributed by atoms with van der Waals surface area (Å²) in [6.45, 7) is 3.91. The molecule has 0 radical (unpaired) electrons. The van der Waals surface area contributed by atoms with Crippen molar-refractivity contribution >= 4 is 28.7 Å². The van der Waals surface area contributed by atoms with Crippen LogP contribution in [0.25, 0.3) is 0 Å². The Morgan fingerprint density at radius 3 is 2.60 bits per heavy atom. The lowest BCUT2D eigenvalue weighted by atomic mass is 10.2. The Balaban J connectivity index is 1.49. The third kappa shape index (κ3) is 5.17. The van der Waals surface area contributed by atoms with E-state index in [4.69, 9.17) is 17.0 Å². The summed E-state index contributed by atoms with van der Waals surface area (Å²) in [7, 11) is 1.68. The van der Waals surface area contributed by atoms with Gasteiger partial charge < -0.3 is 15.4 Å². The number of ether oxygens (including phenoxy) is 1. The number of nitrogens with zero attached hydrogens (tertiary/aromatic N) is 1. The number of likely N-dealkylation sites (tertiary alicyclic amines) is 1. The van der Waals surface area contributed by atoms with Crippen molar-refractivity contribution in [2.24, 2.45) is 0 Å². The SMILES string of the molecule is COc1ccc(CNC(=S)NC[C@@H](c2cccs2)N2CCCC2)cc1. The second kappa shape index (κ2) is 9.17. The number of rotatable bonds is 7. The predicted octanol–water partition coefficient (Wildman–Crippen LogP) is 3.56. The highest BCUT2D eigenvalue weighted by Crippen LogP contribution is 2.27. The van der Waals surface area contributed by atoms with Gasteiger partial charge in [-0.3, -0.25) is 4.90 Å². The standard InChI is InChI=1S/C19H25N3OS2/c1-23-16-8-6-15(7-9-16)13-20-19(24)21-14-17(18-5-4-12-25-18)22-10-2-3-11-22/h4-9,12,17H,2-3,10-11,13-14H2,1H3,(H2,20,21,24)/t17-/m0/s1. The first-order valence-corrected chi connectivity index (χ1v) is 9.97. The minimum Gasteiger partial charge on any atom is -0.497 e. The van der Waals surface area contributed by atoms with Gasteiger partial charge in [-0.05, 0) is 67.3 Å². The molecule has 134 valence electrons. The van der Waals surface area contributed by atoms with Gasteiger partial charge in [-0.2, -0.15) is 0 Å². The van der Waals surface area contributed by atoms with E-state index in [0.717, 1.165) is 12.3 Å². The van der Waals surface area contributed by atoms with Crippen LogP contribution in [0.15, 0.2) is 41.8 Å². The molecule has 1 aromatic heterocycles. The highest BCUT2D eigenvalue weighted by molar-refractivity contribution is 7.80. The van der Waals surface area contributed by atoms with E-state index in [1.54, 1.807) is 7.11 Å². The van der Waals surface area contributed by atoms with Crippen LogP contribution in [0.5, 0.6) is 5.75 Å². The molecule has 2 N–H and O–H groups in total. The van der Waals surface area contributed by atoms with Gasteiger partial charge in [-0.25, -0.2) is 0 Å². The summed E-state index contributed by atoms with van der Waals surface area (Å²) in [5.74, 6) is 0.869. The lowest BCUT2D eigenvalue weighted by Gasteiger charge is -2.27. The van der Waals surface area contributed by atoms with E-state index in [-0.39, 0.29) is 0 Å². The lowest BCUT2D eigenvalue weighted by molar-refractivity contribution is 0.249. The first kappa shape index (κ1) is 18.2. The fourth-order valence-corrected chi connectivity index (χ4v) is 4.14. The molecule has 0 unspecified atom stereocenters. The normalized spacial score (nSPS) is 15.7. The molecule has 0 aliphatic carbocycles. The number of benzene rings is 1. The van der Waals surface area contributed by atoms with Crippen LogP contribution >= 0.6 is 23.6 Å². The molecule has 2 aromatic rings. The molecule has 1 fully saturated rings. The molecule has 0 amide bonds. The number of hydrogen-bond acceptors (Lipinski definition) is 4. The van der Waals surface area contributed by atoms with Crippen LogP contribution in [-0.4, -0.2) is 36.8 Å². The second-order valence-corrected chi connectivity index (χ2v) is 7.57. The molecule has 2 heterocycles. The summed E-state index contributed by atoms with van der Waals surface area (Å²) in [4.78, 5) is 3.97. The Morgan fingerprint density at radius 2 is 1.96 bits per heavy atom. The van der Waals surface area contributed by atoms with Gasteiger partial charge in [-0.1, -0.05) is 18.2 Å². The second-order valence-electron chi connectivity index (χ2n) is 6.19. The summed E-state index contributed by atoms with van der Waals surface area (Å²) < 4.78 is 5.18. The quantitative estimate of drug-likeness (QED) is 0.724. The average molecular weight is 376 g/mol. The third-order valence-electron chi connectivity index (χ3n) is 4.52. The van der Waals surface area contributed by atoms with Crippen molar-refractivity contribution in [1.29, 1.82) is 0 Å². The fraction of sp³-hybridized carbons (Fsp3) is 0.421. The highest BCUT2D eigenvalue weighted by atomic mass is 32.1. The molecule has 1 aliphatic heterocycles. The summed E-state index contributed by atoms with van der Waals surface area (Å²) in [6, 6.07) is 12.8. The topological polar surface area (TPSA) is 36.5 Å². The van der Waals surface area contributed by atoms with Crippen molar-refractivity contribution in [2.45, 2.75) is 25.4 Å². The van der Waals surface area contributed by atoms with Crippen molar-refractivity contribution in [2.75, 3.05) is 26.7 Å². The van der Waals surface area contributed by atoms with Gasteiger partial charge in [-0.15, -0.1) is 11.3 Å². The van der Waals surface area contributed by atoms with Crippen LogP contribution in [0.3, 0.4) is 0 Å². The molecule has 0 spiro atoms. The molecule has 3 rings (SSSR count). The van der Waals surface area contributed by atoms with Gasteiger partial charge in [0.15, 0.2) is 5.11 Å². The van der Waals surface area contributed by atoms with Crippen molar-refractivity contribution in [3.63, 3.8) is 0 Å². The third-order valence-corrected chi connectivity index (χ3v) is 5.78. The first-order chi connectivity index (χ1) is 12.3. The Kier molecular flexibility index (Phi) is 6.67. The summed E-state index contributed by atoms with van der Waals surface area (Å²) >= 11 is 7.29. The Morgan fingerprint density at radius 1 is 1.20 bits per heavy atom. The zero-order chi connectivity index (χ0) is 17.5. The van der Waals surface area contributed by atoms with Crippen LogP contribution in [-0.2, 0) is 6.54 Å². The number of methoxy groups -OCH3 is 1. The zero-order valence-corrected chi connectivity index (χ0v) is 16.2. The predicted molar refractivity (Wildman–Crippen MR) is 108 cm³/mol. The maximum absolute atomic E-state index is 5.46. The molecule has 1 atom stereocenters. The van der Waals surface area contributed by atoms with E-state index in [1.807, 2.05) is 35.6 Å². The smallest absolute Gasteiger partial charge is 0.166 e. The lowest BCUT2D eigenvalue weighted by Crippen LogP contribution is -2.41. The number of thiophene rings is 1. The van der Waals surface area contributed by atoms with E-state index in [0.29, 0.717) is 17.7 Å². The highest BCUT2D eigenvalue weighted by Gasteiger charge is 2.24. The van der Waals surface area contributed by atoms with Crippen molar-refractivity contribution in [3.8, 4) is 5.75 Å². The van der Waals surface area contributed by atoms with Crippen LogP contribution in [0, 0.1) is 0 Å². The van der Waals surface area contributed by atoms with Crippen LogP contribution in [0.4, 0.5) is 0 Å². The molecular weight excluding hydrogens is 350 g/mol. The van der Waals surface area contributed by atoms with E-state index in [9.17, 15) is 0 Å². The van der Waals surface area contributed by atoms with E-state index in [1.165, 1.54) is 36.4 Å². The minimum atomic E-state index is 0.406. The molecule has 1 aliphatic rings. The maximum Gasteiger partial charge on any atom is 0.166 e. The zero-order valence-electron chi connectivity index (χ0n) is 14.5. The summed E-state index contributed by atoms with van der Waals surface area (Å²) in [5, 5.41) is 9.55. The Bertz CT molecular complexity index is 652. The van der Waals surface area contributed by atoms with Gasteiger partial charge in [0.05, 0.1) is 13.2 Å². The molecule has 0 bridgehead atoms. The Labute approximate surface area is 159 Å². The minimum absolute atomic E-state index is 0.406. The van der Waals surface area contributed by atoms with Gasteiger partial charge in [0.1, 0.15) is 5.75 Å². The summed E-state index contributed by atoms with van der Waals surface area (Å²) in [6.07, 6.45) is 2.59. The molecular formula is C19H25N3OS2. The summed E-state index contributed by atoms with van der Waals surface area (Å²) in [5.41, 5.74) is 1.18. The van der Waals surface area contributed by atoms with Crippen LogP contribution < -0.4 is 15.4 Å². The fourth-order valence-electron chi connectivity index (χ4n) is 3.12. The van der Waals surface area contributed by atoms with Gasteiger partial charge >= 0.3 is 0 Å². The average Bonchev–Trinajstić information content (AvgIpc) is 3.35. The molecule has 25 heavy (non-hydrogen) atoms. The molecule has 4 nitrogen and oxygen atoms in total. The van der Waals surface area contributed by atoms with Gasteiger partial charge in [0, 0.05) is 18.0 Å². The van der Waals surface area contributed by atoms with E-state index < -0.39 is 0 Å². The van der Waals surface area contributed by atoms with Crippen LogP contribution in [0.2, 0.25) is 0 Å². The molecule has 1 saturated heterocycles. The molecule has 6 heteroatoms. The number of nitrogens with one attached hydrogen (secondary N) is 2. The maximum atomic E-state index is 5.46. The van der Waals surface area contributed by atoms with Crippen molar-refractivity contribution in [1.82, 2.24) is 15.5 Å². The molecule has 1 aromatic carbocycles.